The largest absolute Gasteiger partial charge is 0.370 e. The SMILES string of the molecule is O=C(Nc1cccc(F)c1)c1cncc(N2CCC(Cc3ccccc3)CC2)c1. The molecule has 2 aromatic carbocycles. The molecule has 0 spiro atoms. The molecule has 1 fully saturated rings. The zero-order valence-corrected chi connectivity index (χ0v) is 16.2. The fraction of sp³-hybridized carbons (Fsp3) is 0.250. The number of benzene rings is 2. The number of anilines is 2. The molecule has 0 saturated carbocycles. The fourth-order valence-electron chi connectivity index (χ4n) is 3.84. The van der Waals surface area contributed by atoms with Crippen LogP contribution in [0.2, 0.25) is 0 Å². The summed E-state index contributed by atoms with van der Waals surface area (Å²) < 4.78 is 13.3. The zero-order chi connectivity index (χ0) is 20.1. The molecule has 5 heteroatoms. The van der Waals surface area contributed by atoms with E-state index in [-0.39, 0.29) is 11.7 Å². The van der Waals surface area contributed by atoms with Crippen molar-refractivity contribution >= 4 is 17.3 Å². The summed E-state index contributed by atoms with van der Waals surface area (Å²) in [6, 6.07) is 18.4. The normalized spacial score (nSPS) is 14.6. The number of nitrogens with one attached hydrogen (secondary N) is 1. The van der Waals surface area contributed by atoms with Gasteiger partial charge in [-0.25, -0.2) is 4.39 Å². The van der Waals surface area contributed by atoms with E-state index in [1.807, 2.05) is 6.07 Å². The summed E-state index contributed by atoms with van der Waals surface area (Å²) >= 11 is 0. The molecule has 4 nitrogen and oxygen atoms in total. The Labute approximate surface area is 170 Å². The number of carbonyl (C=O) groups excluding carboxylic acids is 1. The molecular formula is C24H24FN3O. The first-order chi connectivity index (χ1) is 14.2. The Hall–Kier alpha value is -3.21. The molecule has 1 N–H and O–H groups in total. The molecule has 0 unspecified atom stereocenters. The molecule has 3 aromatic rings. The Morgan fingerprint density at radius 2 is 1.83 bits per heavy atom. The van der Waals surface area contributed by atoms with Gasteiger partial charge in [0.1, 0.15) is 5.82 Å². The number of hydrogen-bond donors (Lipinski definition) is 1. The number of piperidine rings is 1. The van der Waals surface area contributed by atoms with Crippen molar-refractivity contribution in [2.45, 2.75) is 19.3 Å². The number of halogens is 1. The van der Waals surface area contributed by atoms with Crippen LogP contribution >= 0.6 is 0 Å². The average molecular weight is 389 g/mol. The number of pyridine rings is 1. The van der Waals surface area contributed by atoms with E-state index in [1.165, 1.54) is 17.7 Å². The summed E-state index contributed by atoms with van der Waals surface area (Å²) in [5.41, 5.74) is 3.25. The molecule has 1 aliphatic rings. The molecule has 29 heavy (non-hydrogen) atoms. The van der Waals surface area contributed by atoms with Crippen LogP contribution < -0.4 is 10.2 Å². The topological polar surface area (TPSA) is 45.2 Å². The van der Waals surface area contributed by atoms with Crippen LogP contribution in [0.5, 0.6) is 0 Å². The molecule has 2 heterocycles. The van der Waals surface area contributed by atoms with Crippen molar-refractivity contribution in [2.75, 3.05) is 23.3 Å². The van der Waals surface area contributed by atoms with Gasteiger partial charge in [0.25, 0.3) is 5.91 Å². The maximum absolute atomic E-state index is 13.3. The lowest BCUT2D eigenvalue weighted by molar-refractivity contribution is 0.102. The van der Waals surface area contributed by atoms with Crippen LogP contribution in [0.1, 0.15) is 28.8 Å². The molecule has 1 aliphatic heterocycles. The van der Waals surface area contributed by atoms with Gasteiger partial charge in [0.05, 0.1) is 17.4 Å². The number of hydrogen-bond acceptors (Lipinski definition) is 3. The van der Waals surface area contributed by atoms with Crippen LogP contribution in [0.4, 0.5) is 15.8 Å². The lowest BCUT2D eigenvalue weighted by Crippen LogP contribution is -2.34. The zero-order valence-electron chi connectivity index (χ0n) is 16.2. The van der Waals surface area contributed by atoms with E-state index in [4.69, 9.17) is 0 Å². The van der Waals surface area contributed by atoms with Gasteiger partial charge in [-0.15, -0.1) is 0 Å². The van der Waals surface area contributed by atoms with E-state index in [0.717, 1.165) is 38.0 Å². The van der Waals surface area contributed by atoms with Crippen molar-refractivity contribution in [3.05, 3.63) is 90.0 Å². The standard InChI is InChI=1S/C24H24FN3O/c25-21-7-4-8-22(15-21)27-24(29)20-14-23(17-26-16-20)28-11-9-19(10-12-28)13-18-5-2-1-3-6-18/h1-8,14-17,19H,9-13H2,(H,27,29). The van der Waals surface area contributed by atoms with Gasteiger partial charge in [0, 0.05) is 25.0 Å². The number of amides is 1. The molecule has 0 bridgehead atoms. The highest BCUT2D eigenvalue weighted by atomic mass is 19.1. The van der Waals surface area contributed by atoms with Crippen LogP contribution in [-0.4, -0.2) is 24.0 Å². The van der Waals surface area contributed by atoms with Crippen LogP contribution in [0.15, 0.2) is 73.1 Å². The third-order valence-electron chi connectivity index (χ3n) is 5.42. The average Bonchev–Trinajstić information content (AvgIpc) is 2.75. The second-order valence-electron chi connectivity index (χ2n) is 7.52. The summed E-state index contributed by atoms with van der Waals surface area (Å²) in [5, 5.41) is 2.73. The Bertz CT molecular complexity index is 969. The second kappa shape index (κ2) is 8.86. The Balaban J connectivity index is 1.37. The maximum Gasteiger partial charge on any atom is 0.257 e. The highest BCUT2D eigenvalue weighted by Crippen LogP contribution is 2.26. The smallest absolute Gasteiger partial charge is 0.257 e. The van der Waals surface area contributed by atoms with Crippen molar-refractivity contribution in [3.8, 4) is 0 Å². The fourth-order valence-corrected chi connectivity index (χ4v) is 3.84. The van der Waals surface area contributed by atoms with Gasteiger partial charge in [0.15, 0.2) is 0 Å². The second-order valence-corrected chi connectivity index (χ2v) is 7.52. The van der Waals surface area contributed by atoms with Gasteiger partial charge in [-0.1, -0.05) is 36.4 Å². The van der Waals surface area contributed by atoms with Crippen LogP contribution in [0, 0.1) is 11.7 Å². The Morgan fingerprint density at radius 3 is 2.59 bits per heavy atom. The summed E-state index contributed by atoms with van der Waals surface area (Å²) in [5.74, 6) is 0.0121. The lowest BCUT2D eigenvalue weighted by atomic mass is 9.90. The predicted octanol–water partition coefficient (Wildman–Crippen LogP) is 4.93. The van der Waals surface area contributed by atoms with Crippen LogP contribution in [-0.2, 0) is 6.42 Å². The van der Waals surface area contributed by atoms with Crippen molar-refractivity contribution in [2.24, 2.45) is 5.92 Å². The highest BCUT2D eigenvalue weighted by molar-refractivity contribution is 6.04. The molecule has 1 saturated heterocycles. The van der Waals surface area contributed by atoms with Crippen LogP contribution in [0.25, 0.3) is 0 Å². The molecular weight excluding hydrogens is 365 g/mol. The summed E-state index contributed by atoms with van der Waals surface area (Å²) in [4.78, 5) is 19.1. The summed E-state index contributed by atoms with van der Waals surface area (Å²) in [7, 11) is 0. The Kier molecular flexibility index (Phi) is 5.84. The molecule has 4 rings (SSSR count). The first-order valence-corrected chi connectivity index (χ1v) is 9.98. The first kappa shape index (κ1) is 19.1. The maximum atomic E-state index is 13.3. The van der Waals surface area contributed by atoms with Crippen molar-refractivity contribution in [3.63, 3.8) is 0 Å². The number of nitrogens with zero attached hydrogens (tertiary/aromatic N) is 2. The van der Waals surface area contributed by atoms with E-state index in [9.17, 15) is 9.18 Å². The van der Waals surface area contributed by atoms with E-state index < -0.39 is 0 Å². The Morgan fingerprint density at radius 1 is 1.03 bits per heavy atom. The van der Waals surface area contributed by atoms with Gasteiger partial charge in [-0.2, -0.15) is 0 Å². The third-order valence-corrected chi connectivity index (χ3v) is 5.42. The molecule has 1 amide bonds. The van der Waals surface area contributed by atoms with Crippen molar-refractivity contribution in [1.29, 1.82) is 0 Å². The molecule has 0 aliphatic carbocycles. The van der Waals surface area contributed by atoms with Crippen LogP contribution in [0.3, 0.4) is 0 Å². The van der Waals surface area contributed by atoms with Gasteiger partial charge in [-0.05, 0) is 55.0 Å². The van der Waals surface area contributed by atoms with Crippen molar-refractivity contribution in [1.82, 2.24) is 4.98 Å². The molecule has 148 valence electrons. The summed E-state index contributed by atoms with van der Waals surface area (Å²) in [6.45, 7) is 1.91. The lowest BCUT2D eigenvalue weighted by Gasteiger charge is -2.33. The summed E-state index contributed by atoms with van der Waals surface area (Å²) in [6.07, 6.45) is 6.70. The van der Waals surface area contributed by atoms with E-state index in [1.54, 1.807) is 24.5 Å². The first-order valence-electron chi connectivity index (χ1n) is 9.98. The van der Waals surface area contributed by atoms with Gasteiger partial charge < -0.3 is 10.2 Å². The van der Waals surface area contributed by atoms with E-state index >= 15 is 0 Å². The van der Waals surface area contributed by atoms with Gasteiger partial charge >= 0.3 is 0 Å². The molecule has 1 aromatic heterocycles. The van der Waals surface area contributed by atoms with Gasteiger partial charge in [0.2, 0.25) is 0 Å². The minimum Gasteiger partial charge on any atom is -0.370 e. The minimum absolute atomic E-state index is 0.288. The third kappa shape index (κ3) is 4.99. The number of carbonyl (C=O) groups is 1. The monoisotopic (exact) mass is 389 g/mol. The van der Waals surface area contributed by atoms with Gasteiger partial charge in [-0.3, -0.25) is 9.78 Å². The minimum atomic E-state index is -0.381. The van der Waals surface area contributed by atoms with E-state index in [0.29, 0.717) is 17.2 Å². The molecule has 0 radical (unpaired) electrons. The number of rotatable bonds is 5. The van der Waals surface area contributed by atoms with E-state index in [2.05, 4.69) is 45.5 Å². The predicted molar refractivity (Wildman–Crippen MR) is 114 cm³/mol. The highest BCUT2D eigenvalue weighted by Gasteiger charge is 2.20. The van der Waals surface area contributed by atoms with Crippen molar-refractivity contribution < 1.29 is 9.18 Å². The quantitative estimate of drug-likeness (QED) is 0.673. The molecule has 0 atom stereocenters. The number of aromatic nitrogens is 1.